The molecule has 0 unspecified atom stereocenters. The van der Waals surface area contributed by atoms with E-state index < -0.39 is 0 Å². The predicted molar refractivity (Wildman–Crippen MR) is 125 cm³/mol. The lowest BCUT2D eigenvalue weighted by Gasteiger charge is -2.17. The molecule has 0 radical (unpaired) electrons. The van der Waals surface area contributed by atoms with Crippen molar-refractivity contribution in [2.45, 2.75) is 25.8 Å². The third kappa shape index (κ3) is 5.49. The fourth-order valence-corrected chi connectivity index (χ4v) is 3.56. The number of allylic oxidation sites excluding steroid dienone is 3. The van der Waals surface area contributed by atoms with E-state index in [1.165, 1.54) is 5.56 Å². The molecule has 0 bridgehead atoms. The number of hydrogen-bond donors (Lipinski definition) is 2. The van der Waals surface area contributed by atoms with Crippen LogP contribution >= 0.6 is 0 Å². The summed E-state index contributed by atoms with van der Waals surface area (Å²) in [6.45, 7) is 0.824. The van der Waals surface area contributed by atoms with Crippen LogP contribution in [-0.2, 0) is 11.3 Å². The third-order valence-electron chi connectivity index (χ3n) is 5.30. The molecular formula is C26H30N2O2. The van der Waals surface area contributed by atoms with Crippen LogP contribution in [0.2, 0.25) is 0 Å². The highest BCUT2D eigenvalue weighted by Gasteiger charge is 2.20. The molecule has 0 aliphatic heterocycles. The van der Waals surface area contributed by atoms with Gasteiger partial charge in [0.05, 0.1) is 0 Å². The van der Waals surface area contributed by atoms with E-state index in [-0.39, 0.29) is 11.5 Å². The molecule has 156 valence electrons. The highest BCUT2D eigenvalue weighted by Crippen LogP contribution is 2.30. The number of anilines is 1. The molecule has 0 heterocycles. The molecule has 0 atom stereocenters. The number of benzene rings is 2. The number of carbonyl (C=O) groups is 1. The molecule has 0 amide bonds. The van der Waals surface area contributed by atoms with Crippen LogP contribution in [0.25, 0.3) is 12.2 Å². The number of aliphatic hydroxyl groups is 1. The molecule has 2 N–H and O–H groups in total. The highest BCUT2D eigenvalue weighted by molar-refractivity contribution is 6.07. The van der Waals surface area contributed by atoms with Crippen molar-refractivity contribution in [2.75, 3.05) is 26.0 Å². The van der Waals surface area contributed by atoms with E-state index in [1.807, 2.05) is 68.5 Å². The Morgan fingerprint density at radius 2 is 1.70 bits per heavy atom. The predicted octanol–water partition coefficient (Wildman–Crippen LogP) is 5.13. The highest BCUT2D eigenvalue weighted by atomic mass is 16.3. The fourth-order valence-electron chi connectivity index (χ4n) is 3.56. The van der Waals surface area contributed by atoms with Gasteiger partial charge in [0.15, 0.2) is 5.78 Å². The van der Waals surface area contributed by atoms with Crippen LogP contribution in [0.4, 0.5) is 5.69 Å². The van der Waals surface area contributed by atoms with E-state index in [0.717, 1.165) is 41.8 Å². The van der Waals surface area contributed by atoms with Crippen molar-refractivity contribution in [1.29, 1.82) is 0 Å². The quantitative estimate of drug-likeness (QED) is 0.630. The molecule has 4 heteroatoms. The first-order valence-corrected chi connectivity index (χ1v) is 10.3. The molecule has 0 aromatic heterocycles. The summed E-state index contributed by atoms with van der Waals surface area (Å²) in [5.74, 6) is 0.0114. The largest absolute Gasteiger partial charge is 0.507 e. The van der Waals surface area contributed by atoms with Crippen molar-refractivity contribution in [1.82, 2.24) is 5.32 Å². The Morgan fingerprint density at radius 1 is 1.03 bits per heavy atom. The smallest absolute Gasteiger partial charge is 0.185 e. The van der Waals surface area contributed by atoms with Crippen LogP contribution < -0.4 is 10.2 Å². The zero-order valence-corrected chi connectivity index (χ0v) is 18.0. The Kier molecular flexibility index (Phi) is 7.26. The molecular weight excluding hydrogens is 372 g/mol. The zero-order valence-electron chi connectivity index (χ0n) is 18.0. The summed E-state index contributed by atoms with van der Waals surface area (Å²) < 4.78 is 0. The summed E-state index contributed by atoms with van der Waals surface area (Å²) >= 11 is 0. The van der Waals surface area contributed by atoms with E-state index in [4.69, 9.17) is 0 Å². The van der Waals surface area contributed by atoms with Gasteiger partial charge in [-0.15, -0.1) is 0 Å². The third-order valence-corrected chi connectivity index (χ3v) is 5.30. The molecule has 0 fully saturated rings. The number of aliphatic hydroxyl groups excluding tert-OH is 1. The van der Waals surface area contributed by atoms with Crippen molar-refractivity contribution in [3.05, 3.63) is 88.2 Å². The van der Waals surface area contributed by atoms with Gasteiger partial charge in [-0.3, -0.25) is 4.79 Å². The summed E-state index contributed by atoms with van der Waals surface area (Å²) in [5.41, 5.74) is 5.64. The molecule has 0 saturated heterocycles. The van der Waals surface area contributed by atoms with Crippen molar-refractivity contribution < 1.29 is 9.90 Å². The van der Waals surface area contributed by atoms with Gasteiger partial charge >= 0.3 is 0 Å². The summed E-state index contributed by atoms with van der Waals surface area (Å²) in [5, 5.41) is 13.9. The van der Waals surface area contributed by atoms with Crippen LogP contribution in [0.15, 0.2) is 71.5 Å². The van der Waals surface area contributed by atoms with Gasteiger partial charge < -0.3 is 15.3 Å². The molecule has 3 rings (SSSR count). The number of rotatable bonds is 7. The summed E-state index contributed by atoms with van der Waals surface area (Å²) in [6.07, 6.45) is 7.59. The normalized spacial score (nSPS) is 15.8. The number of nitrogens with one attached hydrogen (secondary N) is 1. The van der Waals surface area contributed by atoms with Gasteiger partial charge in [-0.2, -0.15) is 0 Å². The summed E-state index contributed by atoms with van der Waals surface area (Å²) in [6, 6.07) is 16.2. The first-order valence-electron chi connectivity index (χ1n) is 10.3. The van der Waals surface area contributed by atoms with E-state index in [0.29, 0.717) is 12.0 Å². The monoisotopic (exact) mass is 402 g/mol. The van der Waals surface area contributed by atoms with Gasteiger partial charge in [0.2, 0.25) is 0 Å². The minimum absolute atomic E-state index is 0.126. The van der Waals surface area contributed by atoms with E-state index >= 15 is 0 Å². The maximum atomic E-state index is 12.7. The molecule has 30 heavy (non-hydrogen) atoms. The van der Waals surface area contributed by atoms with Crippen molar-refractivity contribution in [3.63, 3.8) is 0 Å². The number of carbonyl (C=O) groups excluding carboxylic acids is 1. The van der Waals surface area contributed by atoms with Crippen molar-refractivity contribution in [3.8, 4) is 0 Å². The van der Waals surface area contributed by atoms with Crippen LogP contribution in [0.3, 0.4) is 0 Å². The van der Waals surface area contributed by atoms with Crippen molar-refractivity contribution >= 4 is 23.6 Å². The molecule has 1 aliphatic carbocycles. The van der Waals surface area contributed by atoms with E-state index in [2.05, 4.69) is 17.4 Å². The van der Waals surface area contributed by atoms with E-state index in [1.54, 1.807) is 12.2 Å². The Hall–Kier alpha value is -3.11. The minimum atomic E-state index is -0.126. The maximum Gasteiger partial charge on any atom is 0.185 e. The van der Waals surface area contributed by atoms with Gasteiger partial charge in [-0.1, -0.05) is 42.5 Å². The Morgan fingerprint density at radius 3 is 2.33 bits per heavy atom. The molecule has 2 aromatic rings. The van der Waals surface area contributed by atoms with Crippen LogP contribution in [0.1, 0.15) is 36.0 Å². The Balaban J connectivity index is 1.76. The Labute approximate surface area is 179 Å². The van der Waals surface area contributed by atoms with E-state index in [9.17, 15) is 9.90 Å². The second-order valence-electron chi connectivity index (χ2n) is 7.81. The number of nitrogens with zero attached hydrogens (tertiary/aromatic N) is 1. The second-order valence-corrected chi connectivity index (χ2v) is 7.81. The van der Waals surface area contributed by atoms with Crippen LogP contribution in [-0.4, -0.2) is 32.0 Å². The molecule has 0 spiro atoms. The molecule has 0 saturated carbocycles. The molecule has 4 nitrogen and oxygen atoms in total. The lowest BCUT2D eigenvalue weighted by Crippen LogP contribution is -2.10. The lowest BCUT2D eigenvalue weighted by molar-refractivity contribution is -0.111. The van der Waals surface area contributed by atoms with Gasteiger partial charge in [0.25, 0.3) is 0 Å². The minimum Gasteiger partial charge on any atom is -0.507 e. The van der Waals surface area contributed by atoms with Crippen molar-refractivity contribution in [2.24, 2.45) is 0 Å². The molecule has 2 aromatic carbocycles. The average molecular weight is 403 g/mol. The summed E-state index contributed by atoms with van der Waals surface area (Å²) in [4.78, 5) is 14.8. The SMILES string of the molecule is CNCc1ccc(/C=C2\CCCC(C(=O)/C=C/c3ccc(N(C)C)cc3)=C2O)cc1. The average Bonchev–Trinajstić information content (AvgIpc) is 2.75. The zero-order chi connectivity index (χ0) is 21.5. The topological polar surface area (TPSA) is 52.6 Å². The van der Waals surface area contributed by atoms with Gasteiger partial charge in [-0.05, 0) is 72.9 Å². The van der Waals surface area contributed by atoms with Crippen LogP contribution in [0.5, 0.6) is 0 Å². The van der Waals surface area contributed by atoms with Crippen LogP contribution in [0, 0.1) is 0 Å². The second kappa shape index (κ2) is 10.1. The van der Waals surface area contributed by atoms with Gasteiger partial charge in [-0.25, -0.2) is 0 Å². The first-order chi connectivity index (χ1) is 14.5. The standard InChI is InChI=1S/C26H30N2O2/c1-27-18-21-9-7-20(8-10-21)17-22-5-4-6-24(26(22)30)25(29)16-13-19-11-14-23(15-12-19)28(2)3/h7-17,27,30H,4-6,18H2,1-3H3/b16-13+,22-17+. The fraction of sp³-hybridized carbons (Fsp3) is 0.269. The number of hydrogen-bond acceptors (Lipinski definition) is 4. The van der Waals surface area contributed by atoms with Gasteiger partial charge in [0, 0.05) is 31.9 Å². The maximum absolute atomic E-state index is 12.7. The van der Waals surface area contributed by atoms with Gasteiger partial charge in [0.1, 0.15) is 5.76 Å². The first kappa shape index (κ1) is 21.6. The number of ketones is 1. The molecule has 1 aliphatic rings. The summed E-state index contributed by atoms with van der Waals surface area (Å²) in [7, 11) is 5.91. The Bertz CT molecular complexity index is 965. The lowest BCUT2D eigenvalue weighted by atomic mass is 9.89.